The van der Waals surface area contributed by atoms with E-state index in [9.17, 15) is 0 Å². The van der Waals surface area contributed by atoms with Crippen molar-refractivity contribution in [3.8, 4) is 67.0 Å². The van der Waals surface area contributed by atoms with Gasteiger partial charge in [0.05, 0.1) is 22.4 Å². The van der Waals surface area contributed by atoms with Crippen LogP contribution < -0.4 is 0 Å². The predicted molar refractivity (Wildman–Crippen MR) is 257 cm³/mol. The van der Waals surface area contributed by atoms with Gasteiger partial charge in [-0.1, -0.05) is 190 Å². The summed E-state index contributed by atoms with van der Waals surface area (Å²) in [6, 6.07) is 75.0. The van der Waals surface area contributed by atoms with Gasteiger partial charge < -0.3 is 0 Å². The molecule has 0 saturated carbocycles. The van der Waals surface area contributed by atoms with E-state index in [1.54, 1.807) is 0 Å². The lowest BCUT2D eigenvalue weighted by atomic mass is 9.80. The first-order chi connectivity index (χ1) is 30.0. The molecule has 1 heterocycles. The lowest BCUT2D eigenvalue weighted by molar-refractivity contribution is 0.660. The summed E-state index contributed by atoms with van der Waals surface area (Å²) in [5.74, 6) is 0. The van der Waals surface area contributed by atoms with Crippen molar-refractivity contribution >= 4 is 43.4 Å². The molecule has 0 amide bonds. The molecule has 2 heteroatoms. The van der Waals surface area contributed by atoms with Gasteiger partial charge in [0.15, 0.2) is 0 Å². The van der Waals surface area contributed by atoms with Crippen molar-refractivity contribution in [1.29, 1.82) is 0 Å². The summed E-state index contributed by atoms with van der Waals surface area (Å²) in [5, 5.41) is 7.35. The zero-order valence-corrected chi connectivity index (χ0v) is 34.0. The van der Waals surface area contributed by atoms with E-state index < -0.39 is 0 Å². The number of hydrogen-bond acceptors (Lipinski definition) is 2. The Kier molecular flexibility index (Phi) is 7.92. The van der Waals surface area contributed by atoms with Gasteiger partial charge in [-0.3, -0.25) is 0 Å². The van der Waals surface area contributed by atoms with Crippen LogP contribution in [0.2, 0.25) is 0 Å². The van der Waals surface area contributed by atoms with E-state index in [1.165, 1.54) is 82.4 Å². The molecular weight excluding hydrogens is 737 g/mol. The average molecular weight is 777 g/mol. The molecule has 0 radical (unpaired) electrons. The number of benzene rings is 10. The molecule has 0 unspecified atom stereocenters. The van der Waals surface area contributed by atoms with Crippen molar-refractivity contribution in [3.05, 3.63) is 217 Å². The SMILES string of the molecule is CC1(C)c2ccccc2-c2ccc(-c3c4ccccc4c(-c4ccc5nc(-c6ccccc6)c(-c6ccccc6)nc5c4)c4ccc(-c5ccc6ccccc6c5)cc34)cc21. The monoisotopic (exact) mass is 776 g/mol. The lowest BCUT2D eigenvalue weighted by Gasteiger charge is -2.23. The van der Waals surface area contributed by atoms with Crippen LogP contribution in [0.4, 0.5) is 0 Å². The maximum Gasteiger partial charge on any atom is 0.0973 e. The minimum Gasteiger partial charge on any atom is -0.244 e. The van der Waals surface area contributed by atoms with Gasteiger partial charge in [0.1, 0.15) is 0 Å². The Balaban J connectivity index is 1.12. The van der Waals surface area contributed by atoms with E-state index in [4.69, 9.17) is 9.97 Å². The van der Waals surface area contributed by atoms with Crippen molar-refractivity contribution in [2.45, 2.75) is 19.3 Å². The minimum atomic E-state index is -0.116. The number of rotatable bonds is 5. The van der Waals surface area contributed by atoms with Crippen LogP contribution in [0.15, 0.2) is 206 Å². The van der Waals surface area contributed by atoms with Crippen molar-refractivity contribution in [3.63, 3.8) is 0 Å². The third kappa shape index (κ3) is 5.64. The number of fused-ring (bicyclic) bond motifs is 7. The molecule has 1 aliphatic carbocycles. The van der Waals surface area contributed by atoms with Gasteiger partial charge in [-0.05, 0) is 118 Å². The van der Waals surface area contributed by atoms with Crippen LogP contribution in [-0.4, -0.2) is 9.97 Å². The van der Waals surface area contributed by atoms with Gasteiger partial charge in [-0.25, -0.2) is 9.97 Å². The van der Waals surface area contributed by atoms with E-state index in [-0.39, 0.29) is 5.41 Å². The smallest absolute Gasteiger partial charge is 0.0973 e. The summed E-state index contributed by atoms with van der Waals surface area (Å²) < 4.78 is 0. The van der Waals surface area contributed by atoms with Gasteiger partial charge in [-0.15, -0.1) is 0 Å². The molecule has 12 rings (SSSR count). The fourth-order valence-corrected chi connectivity index (χ4v) is 10.0. The molecule has 0 bridgehead atoms. The fourth-order valence-electron chi connectivity index (χ4n) is 10.0. The van der Waals surface area contributed by atoms with Gasteiger partial charge in [0.2, 0.25) is 0 Å². The van der Waals surface area contributed by atoms with Crippen molar-refractivity contribution in [1.82, 2.24) is 9.97 Å². The highest BCUT2D eigenvalue weighted by atomic mass is 14.8. The largest absolute Gasteiger partial charge is 0.244 e. The van der Waals surface area contributed by atoms with Crippen LogP contribution in [0.1, 0.15) is 25.0 Å². The van der Waals surface area contributed by atoms with E-state index in [2.05, 4.69) is 208 Å². The highest BCUT2D eigenvalue weighted by molar-refractivity contribution is 6.22. The molecule has 2 nitrogen and oxygen atoms in total. The van der Waals surface area contributed by atoms with E-state index in [1.807, 2.05) is 12.1 Å². The molecule has 0 saturated heterocycles. The van der Waals surface area contributed by atoms with Crippen LogP contribution >= 0.6 is 0 Å². The van der Waals surface area contributed by atoms with Crippen molar-refractivity contribution in [2.24, 2.45) is 0 Å². The molecule has 10 aromatic carbocycles. The fraction of sp³-hybridized carbons (Fsp3) is 0.0508. The van der Waals surface area contributed by atoms with E-state index in [0.717, 1.165) is 39.1 Å². The first kappa shape index (κ1) is 35.3. The molecular formula is C59H40N2. The Morgan fingerprint density at radius 1 is 0.311 bits per heavy atom. The molecule has 11 aromatic rings. The molecule has 0 atom stereocenters. The van der Waals surface area contributed by atoms with Crippen LogP contribution in [-0.2, 0) is 5.41 Å². The quantitative estimate of drug-likeness (QED) is 0.163. The standard InChI is InChI=1S/C59H40N2/c1-59(2)51-24-14-13-21-45(51)46-30-28-43(35-52(46)59)56-48-23-12-11-22-47(48)55(49-31-27-42(34-50(49)56)41-26-25-37-15-9-10-20-40(37)33-41)44-29-32-53-54(36-44)61-58(39-18-7-4-8-19-39)57(60-53)38-16-5-3-6-17-38/h3-36H,1-2H3. The highest BCUT2D eigenvalue weighted by Crippen LogP contribution is 2.52. The third-order valence-corrected chi connectivity index (χ3v) is 13.0. The maximum atomic E-state index is 5.41. The molecule has 0 N–H and O–H groups in total. The summed E-state index contributed by atoms with van der Waals surface area (Å²) in [6.07, 6.45) is 0. The Morgan fingerprint density at radius 3 is 1.59 bits per heavy atom. The summed E-state index contributed by atoms with van der Waals surface area (Å²) in [5.41, 5.74) is 18.1. The lowest BCUT2D eigenvalue weighted by Crippen LogP contribution is -2.14. The second-order valence-corrected chi connectivity index (χ2v) is 16.9. The van der Waals surface area contributed by atoms with Crippen LogP contribution in [0, 0.1) is 0 Å². The minimum absolute atomic E-state index is 0.116. The molecule has 61 heavy (non-hydrogen) atoms. The van der Waals surface area contributed by atoms with Crippen LogP contribution in [0.3, 0.4) is 0 Å². The predicted octanol–water partition coefficient (Wildman–Crippen LogP) is 15.7. The van der Waals surface area contributed by atoms with Gasteiger partial charge in [0, 0.05) is 16.5 Å². The Morgan fingerprint density at radius 2 is 0.836 bits per heavy atom. The van der Waals surface area contributed by atoms with Crippen molar-refractivity contribution < 1.29 is 0 Å². The average Bonchev–Trinajstić information content (AvgIpc) is 3.55. The third-order valence-electron chi connectivity index (χ3n) is 13.0. The summed E-state index contributed by atoms with van der Waals surface area (Å²) in [4.78, 5) is 10.7. The van der Waals surface area contributed by atoms with Gasteiger partial charge in [0.25, 0.3) is 0 Å². The Bertz CT molecular complexity index is 3550. The van der Waals surface area contributed by atoms with Gasteiger partial charge in [-0.2, -0.15) is 0 Å². The van der Waals surface area contributed by atoms with E-state index >= 15 is 0 Å². The van der Waals surface area contributed by atoms with Crippen molar-refractivity contribution in [2.75, 3.05) is 0 Å². The summed E-state index contributed by atoms with van der Waals surface area (Å²) in [7, 11) is 0. The first-order valence-corrected chi connectivity index (χ1v) is 21.1. The zero-order chi connectivity index (χ0) is 40.7. The summed E-state index contributed by atoms with van der Waals surface area (Å²) >= 11 is 0. The molecule has 286 valence electrons. The first-order valence-electron chi connectivity index (χ1n) is 21.1. The number of hydrogen-bond donors (Lipinski definition) is 0. The Hall–Kier alpha value is -7.68. The Labute approximate surface area is 355 Å². The topological polar surface area (TPSA) is 25.8 Å². The number of aromatic nitrogens is 2. The summed E-state index contributed by atoms with van der Waals surface area (Å²) in [6.45, 7) is 4.74. The van der Waals surface area contributed by atoms with Crippen LogP contribution in [0.25, 0.3) is 110 Å². The second-order valence-electron chi connectivity index (χ2n) is 16.9. The normalized spacial score (nSPS) is 12.9. The zero-order valence-electron chi connectivity index (χ0n) is 34.0. The number of nitrogens with zero attached hydrogens (tertiary/aromatic N) is 2. The second kappa shape index (κ2) is 13.7. The maximum absolute atomic E-state index is 5.41. The molecule has 1 aromatic heterocycles. The molecule has 0 fully saturated rings. The van der Waals surface area contributed by atoms with Gasteiger partial charge >= 0.3 is 0 Å². The molecule has 0 aliphatic heterocycles. The molecule has 0 spiro atoms. The van der Waals surface area contributed by atoms with Crippen LogP contribution in [0.5, 0.6) is 0 Å². The van der Waals surface area contributed by atoms with E-state index in [0.29, 0.717) is 0 Å². The highest BCUT2D eigenvalue weighted by Gasteiger charge is 2.35. The molecule has 1 aliphatic rings.